The molecule has 2 aromatic carbocycles. The number of benzene rings is 2. The number of hydrogen-bond donors (Lipinski definition) is 0. The molecule has 0 bridgehead atoms. The highest BCUT2D eigenvalue weighted by molar-refractivity contribution is 5.79. The SMILES string of the molecule is COc1ccc(CC(=O)N2CCN(CCc3ccccc3OC)CC2)cc1. The fourth-order valence-electron chi connectivity index (χ4n) is 3.44. The van der Waals surface area contributed by atoms with Gasteiger partial charge >= 0.3 is 0 Å². The van der Waals surface area contributed by atoms with E-state index in [0.29, 0.717) is 6.42 Å². The zero-order valence-corrected chi connectivity index (χ0v) is 16.2. The van der Waals surface area contributed by atoms with Crippen LogP contribution < -0.4 is 9.47 Å². The van der Waals surface area contributed by atoms with Gasteiger partial charge in [0.05, 0.1) is 20.6 Å². The van der Waals surface area contributed by atoms with Crippen LogP contribution >= 0.6 is 0 Å². The number of methoxy groups -OCH3 is 2. The van der Waals surface area contributed by atoms with E-state index < -0.39 is 0 Å². The number of carbonyl (C=O) groups excluding carboxylic acids is 1. The first-order chi connectivity index (χ1) is 13.2. The van der Waals surface area contributed by atoms with Crippen molar-refractivity contribution in [2.75, 3.05) is 46.9 Å². The molecule has 5 nitrogen and oxygen atoms in total. The maximum absolute atomic E-state index is 12.6. The smallest absolute Gasteiger partial charge is 0.227 e. The average Bonchev–Trinajstić information content (AvgIpc) is 2.73. The van der Waals surface area contributed by atoms with Crippen molar-refractivity contribution in [3.63, 3.8) is 0 Å². The molecule has 27 heavy (non-hydrogen) atoms. The highest BCUT2D eigenvalue weighted by Gasteiger charge is 2.21. The monoisotopic (exact) mass is 368 g/mol. The van der Waals surface area contributed by atoms with Crippen LogP contribution in [0.1, 0.15) is 11.1 Å². The standard InChI is InChI=1S/C22H28N2O3/c1-26-20-9-7-18(8-10-20)17-22(25)24-15-13-23(14-16-24)12-11-19-5-3-4-6-21(19)27-2/h3-10H,11-17H2,1-2H3. The molecule has 5 heteroatoms. The van der Waals surface area contributed by atoms with Gasteiger partial charge in [-0.1, -0.05) is 30.3 Å². The quantitative estimate of drug-likeness (QED) is 0.753. The summed E-state index contributed by atoms with van der Waals surface area (Å²) in [5.74, 6) is 1.96. The van der Waals surface area contributed by atoms with Crippen LogP contribution in [-0.4, -0.2) is 62.7 Å². The zero-order chi connectivity index (χ0) is 19.1. The Morgan fingerprint density at radius 3 is 2.30 bits per heavy atom. The van der Waals surface area contributed by atoms with Gasteiger partial charge in [0.15, 0.2) is 0 Å². The molecule has 0 radical (unpaired) electrons. The summed E-state index contributed by atoms with van der Waals surface area (Å²) in [7, 11) is 3.36. The topological polar surface area (TPSA) is 42.0 Å². The summed E-state index contributed by atoms with van der Waals surface area (Å²) in [5.41, 5.74) is 2.26. The number of hydrogen-bond acceptors (Lipinski definition) is 4. The summed E-state index contributed by atoms with van der Waals surface area (Å²) in [4.78, 5) is 16.9. The first kappa shape index (κ1) is 19.2. The van der Waals surface area contributed by atoms with Gasteiger partial charge in [-0.3, -0.25) is 9.69 Å². The highest BCUT2D eigenvalue weighted by Crippen LogP contribution is 2.18. The van der Waals surface area contributed by atoms with Crippen LogP contribution in [0.15, 0.2) is 48.5 Å². The van der Waals surface area contributed by atoms with Crippen molar-refractivity contribution < 1.29 is 14.3 Å². The molecule has 2 aromatic rings. The van der Waals surface area contributed by atoms with Gasteiger partial charge in [-0.05, 0) is 35.7 Å². The Bertz CT molecular complexity index is 737. The van der Waals surface area contributed by atoms with Crippen molar-refractivity contribution in [1.82, 2.24) is 9.80 Å². The number of carbonyl (C=O) groups is 1. The lowest BCUT2D eigenvalue weighted by molar-refractivity contribution is -0.132. The predicted octanol–water partition coefficient (Wildman–Crippen LogP) is 2.63. The molecule has 0 atom stereocenters. The van der Waals surface area contributed by atoms with Crippen LogP contribution in [-0.2, 0) is 17.6 Å². The normalized spacial score (nSPS) is 14.8. The molecule has 1 saturated heterocycles. The van der Waals surface area contributed by atoms with E-state index >= 15 is 0 Å². The Morgan fingerprint density at radius 1 is 0.926 bits per heavy atom. The van der Waals surface area contributed by atoms with E-state index in [0.717, 1.165) is 56.2 Å². The number of amides is 1. The fourth-order valence-corrected chi connectivity index (χ4v) is 3.44. The molecule has 0 aliphatic carbocycles. The Hall–Kier alpha value is -2.53. The van der Waals surface area contributed by atoms with Crippen molar-refractivity contribution in [1.29, 1.82) is 0 Å². The van der Waals surface area contributed by atoms with E-state index in [9.17, 15) is 4.79 Å². The number of piperazine rings is 1. The first-order valence-corrected chi connectivity index (χ1v) is 9.44. The molecule has 0 N–H and O–H groups in total. The van der Waals surface area contributed by atoms with Gasteiger partial charge in [-0.25, -0.2) is 0 Å². The summed E-state index contributed by atoms with van der Waals surface area (Å²) in [5, 5.41) is 0. The summed E-state index contributed by atoms with van der Waals surface area (Å²) < 4.78 is 10.6. The van der Waals surface area contributed by atoms with Crippen LogP contribution in [0.3, 0.4) is 0 Å². The molecule has 144 valence electrons. The summed E-state index contributed by atoms with van der Waals surface area (Å²) in [6, 6.07) is 15.9. The third kappa shape index (κ3) is 5.23. The lowest BCUT2D eigenvalue weighted by Crippen LogP contribution is -2.49. The molecule has 1 aliphatic heterocycles. The third-order valence-corrected chi connectivity index (χ3v) is 5.13. The number of rotatable bonds is 7. The van der Waals surface area contributed by atoms with Crippen molar-refractivity contribution in [3.05, 3.63) is 59.7 Å². The van der Waals surface area contributed by atoms with E-state index in [-0.39, 0.29) is 5.91 Å². The van der Waals surface area contributed by atoms with Gasteiger partial charge in [0.1, 0.15) is 11.5 Å². The summed E-state index contributed by atoms with van der Waals surface area (Å²) in [6.45, 7) is 4.41. The van der Waals surface area contributed by atoms with Gasteiger partial charge < -0.3 is 14.4 Å². The minimum absolute atomic E-state index is 0.199. The van der Waals surface area contributed by atoms with Gasteiger partial charge in [0.2, 0.25) is 5.91 Å². The van der Waals surface area contributed by atoms with Gasteiger partial charge in [-0.2, -0.15) is 0 Å². The summed E-state index contributed by atoms with van der Waals surface area (Å²) in [6.07, 6.45) is 1.41. The average molecular weight is 368 g/mol. The lowest BCUT2D eigenvalue weighted by Gasteiger charge is -2.35. The largest absolute Gasteiger partial charge is 0.497 e. The van der Waals surface area contributed by atoms with Crippen LogP contribution in [0.4, 0.5) is 0 Å². The predicted molar refractivity (Wildman–Crippen MR) is 106 cm³/mol. The van der Waals surface area contributed by atoms with Crippen LogP contribution in [0.2, 0.25) is 0 Å². The van der Waals surface area contributed by atoms with Crippen molar-refractivity contribution in [2.45, 2.75) is 12.8 Å². The van der Waals surface area contributed by atoms with Gasteiger partial charge in [-0.15, -0.1) is 0 Å². The minimum Gasteiger partial charge on any atom is -0.497 e. The van der Waals surface area contributed by atoms with E-state index in [4.69, 9.17) is 9.47 Å². The lowest BCUT2D eigenvalue weighted by atomic mass is 10.1. The molecule has 1 amide bonds. The van der Waals surface area contributed by atoms with Crippen LogP contribution in [0.25, 0.3) is 0 Å². The summed E-state index contributed by atoms with van der Waals surface area (Å²) >= 11 is 0. The van der Waals surface area contributed by atoms with E-state index in [1.807, 2.05) is 47.4 Å². The fraction of sp³-hybridized carbons (Fsp3) is 0.409. The third-order valence-electron chi connectivity index (χ3n) is 5.13. The van der Waals surface area contributed by atoms with Crippen molar-refractivity contribution in [3.8, 4) is 11.5 Å². The van der Waals surface area contributed by atoms with Gasteiger partial charge in [0.25, 0.3) is 0 Å². The molecule has 0 aromatic heterocycles. The first-order valence-electron chi connectivity index (χ1n) is 9.44. The molecule has 1 heterocycles. The number of nitrogens with zero attached hydrogens (tertiary/aromatic N) is 2. The molecule has 0 spiro atoms. The Labute approximate surface area is 161 Å². The van der Waals surface area contributed by atoms with E-state index in [1.165, 1.54) is 5.56 Å². The second-order valence-corrected chi connectivity index (χ2v) is 6.81. The highest BCUT2D eigenvalue weighted by atomic mass is 16.5. The van der Waals surface area contributed by atoms with Crippen LogP contribution in [0, 0.1) is 0 Å². The molecule has 1 fully saturated rings. The number of para-hydroxylation sites is 1. The maximum atomic E-state index is 12.6. The molecule has 3 rings (SSSR count). The van der Waals surface area contributed by atoms with Crippen LogP contribution in [0.5, 0.6) is 11.5 Å². The second kappa shape index (κ2) is 9.42. The minimum atomic E-state index is 0.199. The molecular formula is C22H28N2O3. The Kier molecular flexibility index (Phi) is 6.71. The van der Waals surface area contributed by atoms with Gasteiger partial charge in [0, 0.05) is 32.7 Å². The van der Waals surface area contributed by atoms with Crippen molar-refractivity contribution in [2.24, 2.45) is 0 Å². The maximum Gasteiger partial charge on any atom is 0.227 e. The second-order valence-electron chi connectivity index (χ2n) is 6.81. The molecule has 0 unspecified atom stereocenters. The van der Waals surface area contributed by atoms with Crippen molar-refractivity contribution >= 4 is 5.91 Å². The Balaban J connectivity index is 1.44. The molecule has 1 aliphatic rings. The Morgan fingerprint density at radius 2 is 1.63 bits per heavy atom. The zero-order valence-electron chi connectivity index (χ0n) is 16.2. The molecular weight excluding hydrogens is 340 g/mol. The number of ether oxygens (including phenoxy) is 2. The van der Waals surface area contributed by atoms with E-state index in [2.05, 4.69) is 11.0 Å². The molecule has 0 saturated carbocycles. The van der Waals surface area contributed by atoms with E-state index in [1.54, 1.807) is 14.2 Å².